The van der Waals surface area contributed by atoms with E-state index in [0.717, 1.165) is 37.5 Å². The molecule has 1 aromatic heterocycles. The number of nitrogens with zero attached hydrogens (tertiary/aromatic N) is 1. The van der Waals surface area contributed by atoms with E-state index in [1.54, 1.807) is 13.1 Å². The average molecular weight is 362 g/mol. The van der Waals surface area contributed by atoms with E-state index in [-0.39, 0.29) is 11.3 Å². The third kappa shape index (κ3) is 3.58. The van der Waals surface area contributed by atoms with Crippen molar-refractivity contribution in [1.82, 2.24) is 16.0 Å². The number of furan rings is 1. The minimum atomic E-state index is -0.168. The molecule has 1 saturated carbocycles. The molecule has 26 heavy (non-hydrogen) atoms. The second kappa shape index (κ2) is 7.70. The Morgan fingerprint density at radius 1 is 1.35 bits per heavy atom. The summed E-state index contributed by atoms with van der Waals surface area (Å²) in [6.45, 7) is 8.52. The van der Waals surface area contributed by atoms with Gasteiger partial charge in [0.1, 0.15) is 0 Å². The van der Waals surface area contributed by atoms with Crippen LogP contribution in [-0.2, 0) is 4.74 Å². The molecular formula is C19H30N4O3. The Labute approximate surface area is 155 Å². The van der Waals surface area contributed by atoms with Gasteiger partial charge in [0.25, 0.3) is 5.91 Å². The number of rotatable bonds is 6. The van der Waals surface area contributed by atoms with Crippen LogP contribution in [0.1, 0.15) is 42.8 Å². The maximum Gasteiger partial charge on any atom is 0.287 e. The lowest BCUT2D eigenvalue weighted by atomic mass is 9.57. The molecule has 0 bridgehead atoms. The molecule has 2 aliphatic rings. The SMILES string of the molecule is CN=C(NCCCNC(=O)c1occc1C)NC1C2CCOC2C1(C)C. The number of guanidine groups is 1. The van der Waals surface area contributed by atoms with Gasteiger partial charge >= 0.3 is 0 Å². The zero-order valence-electron chi connectivity index (χ0n) is 16.1. The second-order valence-corrected chi connectivity index (χ2v) is 7.73. The molecule has 144 valence electrons. The molecular weight excluding hydrogens is 332 g/mol. The Kier molecular flexibility index (Phi) is 5.55. The molecule has 2 fully saturated rings. The maximum atomic E-state index is 12.0. The third-order valence-electron chi connectivity index (χ3n) is 5.62. The van der Waals surface area contributed by atoms with Gasteiger partial charge in [0.05, 0.1) is 12.4 Å². The molecule has 3 rings (SSSR count). The van der Waals surface area contributed by atoms with E-state index >= 15 is 0 Å². The Morgan fingerprint density at radius 3 is 2.81 bits per heavy atom. The largest absolute Gasteiger partial charge is 0.459 e. The summed E-state index contributed by atoms with van der Waals surface area (Å²) in [5.41, 5.74) is 0.968. The zero-order chi connectivity index (χ0) is 18.7. The molecule has 7 heteroatoms. The van der Waals surface area contributed by atoms with Crippen LogP contribution in [0.3, 0.4) is 0 Å². The number of carbonyl (C=O) groups excluding carboxylic acids is 1. The summed E-state index contributed by atoms with van der Waals surface area (Å²) in [6.07, 6.45) is 3.80. The van der Waals surface area contributed by atoms with E-state index in [1.165, 1.54) is 6.26 Å². The van der Waals surface area contributed by atoms with Gasteiger partial charge in [-0.25, -0.2) is 0 Å². The van der Waals surface area contributed by atoms with Crippen LogP contribution in [0.2, 0.25) is 0 Å². The molecule has 0 radical (unpaired) electrons. The average Bonchev–Trinajstić information content (AvgIpc) is 3.24. The van der Waals surface area contributed by atoms with Crippen LogP contribution in [0.4, 0.5) is 0 Å². The van der Waals surface area contributed by atoms with Crippen molar-refractivity contribution in [2.45, 2.75) is 45.8 Å². The van der Waals surface area contributed by atoms with Crippen molar-refractivity contribution in [2.24, 2.45) is 16.3 Å². The third-order valence-corrected chi connectivity index (χ3v) is 5.62. The van der Waals surface area contributed by atoms with E-state index in [2.05, 4.69) is 34.8 Å². The lowest BCUT2D eigenvalue weighted by molar-refractivity contribution is -0.106. The minimum Gasteiger partial charge on any atom is -0.459 e. The van der Waals surface area contributed by atoms with Crippen molar-refractivity contribution < 1.29 is 13.9 Å². The molecule has 3 N–H and O–H groups in total. The molecule has 0 spiro atoms. The zero-order valence-corrected chi connectivity index (χ0v) is 16.1. The van der Waals surface area contributed by atoms with E-state index in [9.17, 15) is 4.79 Å². The molecule has 1 saturated heterocycles. The summed E-state index contributed by atoms with van der Waals surface area (Å²) >= 11 is 0. The van der Waals surface area contributed by atoms with Gasteiger partial charge in [0, 0.05) is 49.7 Å². The van der Waals surface area contributed by atoms with E-state index in [4.69, 9.17) is 9.15 Å². The number of fused-ring (bicyclic) bond motifs is 1. The van der Waals surface area contributed by atoms with Crippen LogP contribution in [0, 0.1) is 18.3 Å². The van der Waals surface area contributed by atoms with Crippen LogP contribution < -0.4 is 16.0 Å². The molecule has 1 aromatic rings. The van der Waals surface area contributed by atoms with Crippen LogP contribution in [0.5, 0.6) is 0 Å². The van der Waals surface area contributed by atoms with Gasteiger partial charge in [0.2, 0.25) is 0 Å². The Hall–Kier alpha value is -2.02. The van der Waals surface area contributed by atoms with Crippen molar-refractivity contribution in [1.29, 1.82) is 0 Å². The first-order valence-electron chi connectivity index (χ1n) is 9.36. The Balaban J connectivity index is 1.37. The van der Waals surface area contributed by atoms with Crippen LogP contribution in [0.25, 0.3) is 0 Å². The molecule has 7 nitrogen and oxygen atoms in total. The van der Waals surface area contributed by atoms with Gasteiger partial charge in [-0.05, 0) is 25.8 Å². The summed E-state index contributed by atoms with van der Waals surface area (Å²) in [7, 11) is 1.78. The van der Waals surface area contributed by atoms with E-state index < -0.39 is 0 Å². The standard InChI is InChI=1S/C19H30N4O3/c1-12-6-10-25-14(12)17(24)21-8-5-9-22-18(20-4)23-15-13-7-11-26-16(13)19(15,2)3/h6,10,13,15-16H,5,7-9,11H2,1-4H3,(H,21,24)(H2,20,22,23). The molecule has 3 atom stereocenters. The predicted molar refractivity (Wildman–Crippen MR) is 100 cm³/mol. The maximum absolute atomic E-state index is 12.0. The highest BCUT2D eigenvalue weighted by Crippen LogP contribution is 2.52. The fraction of sp³-hybridized carbons (Fsp3) is 0.684. The number of ether oxygens (including phenoxy) is 1. The fourth-order valence-corrected chi connectivity index (χ4v) is 4.14. The van der Waals surface area contributed by atoms with Crippen molar-refractivity contribution in [2.75, 3.05) is 26.7 Å². The van der Waals surface area contributed by atoms with Gasteiger partial charge < -0.3 is 25.1 Å². The fourth-order valence-electron chi connectivity index (χ4n) is 4.14. The highest BCUT2D eigenvalue weighted by Gasteiger charge is 2.59. The second-order valence-electron chi connectivity index (χ2n) is 7.73. The number of aliphatic imine (C=N–C) groups is 1. The van der Waals surface area contributed by atoms with Gasteiger partial charge in [-0.15, -0.1) is 0 Å². The number of aryl methyl sites for hydroxylation is 1. The lowest BCUT2D eigenvalue weighted by Crippen LogP contribution is -2.68. The molecule has 0 aromatic carbocycles. The van der Waals surface area contributed by atoms with Crippen LogP contribution >= 0.6 is 0 Å². The molecule has 3 unspecified atom stereocenters. The summed E-state index contributed by atoms with van der Waals surface area (Å²) in [6, 6.07) is 2.16. The predicted octanol–water partition coefficient (Wildman–Crippen LogP) is 1.69. The van der Waals surface area contributed by atoms with Crippen LogP contribution in [0.15, 0.2) is 21.7 Å². The van der Waals surface area contributed by atoms with Crippen molar-refractivity contribution in [3.63, 3.8) is 0 Å². The number of amides is 1. The van der Waals surface area contributed by atoms with Crippen LogP contribution in [-0.4, -0.2) is 50.8 Å². The van der Waals surface area contributed by atoms with Gasteiger partial charge in [-0.2, -0.15) is 0 Å². The first-order valence-corrected chi connectivity index (χ1v) is 9.36. The minimum absolute atomic E-state index is 0.119. The molecule has 2 heterocycles. The topological polar surface area (TPSA) is 87.9 Å². The van der Waals surface area contributed by atoms with Gasteiger partial charge in [-0.3, -0.25) is 9.79 Å². The summed E-state index contributed by atoms with van der Waals surface area (Å²) in [5, 5.41) is 9.75. The summed E-state index contributed by atoms with van der Waals surface area (Å²) in [4.78, 5) is 16.3. The Morgan fingerprint density at radius 2 is 2.12 bits per heavy atom. The number of carbonyl (C=O) groups is 1. The molecule has 1 aliphatic carbocycles. The van der Waals surface area contributed by atoms with Crippen molar-refractivity contribution >= 4 is 11.9 Å². The van der Waals surface area contributed by atoms with Crippen molar-refractivity contribution in [3.05, 3.63) is 23.7 Å². The van der Waals surface area contributed by atoms with Gasteiger partial charge in [-0.1, -0.05) is 13.8 Å². The first kappa shape index (κ1) is 18.8. The highest BCUT2D eigenvalue weighted by molar-refractivity contribution is 5.92. The monoisotopic (exact) mass is 362 g/mol. The highest BCUT2D eigenvalue weighted by atomic mass is 16.5. The van der Waals surface area contributed by atoms with E-state index in [1.807, 2.05) is 6.92 Å². The first-order chi connectivity index (χ1) is 12.4. The Bertz CT molecular complexity index is 667. The summed E-state index contributed by atoms with van der Waals surface area (Å²) < 4.78 is 11.0. The molecule has 1 aliphatic heterocycles. The van der Waals surface area contributed by atoms with Crippen molar-refractivity contribution in [3.8, 4) is 0 Å². The smallest absolute Gasteiger partial charge is 0.287 e. The number of hydrogen-bond donors (Lipinski definition) is 3. The van der Waals surface area contributed by atoms with E-state index in [0.29, 0.717) is 30.4 Å². The quantitative estimate of drug-likeness (QED) is 0.407. The lowest BCUT2D eigenvalue weighted by Gasteiger charge is -2.54. The number of hydrogen-bond acceptors (Lipinski definition) is 4. The molecule has 1 amide bonds. The summed E-state index contributed by atoms with van der Waals surface area (Å²) in [5.74, 6) is 1.59. The number of nitrogens with one attached hydrogen (secondary N) is 3. The normalized spacial score (nSPS) is 26.8. The van der Waals surface area contributed by atoms with Gasteiger partial charge in [0.15, 0.2) is 11.7 Å².